The van der Waals surface area contributed by atoms with Gasteiger partial charge in [0.2, 0.25) is 0 Å². The molecule has 2 aromatic rings. The molecule has 0 amide bonds. The summed E-state index contributed by atoms with van der Waals surface area (Å²) in [6.45, 7) is 0.133. The van der Waals surface area contributed by atoms with E-state index < -0.39 is 0 Å². The third-order valence-corrected chi connectivity index (χ3v) is 3.43. The summed E-state index contributed by atoms with van der Waals surface area (Å²) >= 11 is 0. The van der Waals surface area contributed by atoms with Crippen molar-refractivity contribution in [3.63, 3.8) is 0 Å². The summed E-state index contributed by atoms with van der Waals surface area (Å²) in [6.07, 6.45) is 8.55. The van der Waals surface area contributed by atoms with Crippen LogP contribution in [0.3, 0.4) is 0 Å². The Kier molecular flexibility index (Phi) is 3.37. The van der Waals surface area contributed by atoms with E-state index in [9.17, 15) is 4.79 Å². The van der Waals surface area contributed by atoms with Crippen LogP contribution in [0.4, 0.5) is 0 Å². The summed E-state index contributed by atoms with van der Waals surface area (Å²) in [5.74, 6) is -0.294. The van der Waals surface area contributed by atoms with Crippen molar-refractivity contribution in [2.45, 2.75) is 19.4 Å². The van der Waals surface area contributed by atoms with E-state index in [1.54, 1.807) is 4.68 Å². The zero-order chi connectivity index (χ0) is 13.9. The van der Waals surface area contributed by atoms with Crippen LogP contribution in [0.1, 0.15) is 18.5 Å². The summed E-state index contributed by atoms with van der Waals surface area (Å²) in [5.41, 5.74) is 3.00. The van der Waals surface area contributed by atoms with Crippen molar-refractivity contribution < 1.29 is 9.53 Å². The number of methoxy groups -OCH3 is 1. The normalized spacial score (nSPS) is 14.3. The fourth-order valence-corrected chi connectivity index (χ4v) is 2.44. The SMILES string of the molecule is COC(=O)Cn1nc(C2=CCCC=C2)c2ccccc21. The van der Waals surface area contributed by atoms with Crippen molar-refractivity contribution in [3.8, 4) is 0 Å². The van der Waals surface area contributed by atoms with Crippen molar-refractivity contribution in [1.82, 2.24) is 9.78 Å². The summed E-state index contributed by atoms with van der Waals surface area (Å²) in [5, 5.41) is 5.66. The third-order valence-electron chi connectivity index (χ3n) is 3.43. The second-order valence-electron chi connectivity index (χ2n) is 4.74. The Bertz CT molecular complexity index is 710. The minimum absolute atomic E-state index is 0.133. The molecule has 0 bridgehead atoms. The topological polar surface area (TPSA) is 44.1 Å². The monoisotopic (exact) mass is 268 g/mol. The van der Waals surface area contributed by atoms with E-state index in [2.05, 4.69) is 23.3 Å². The third kappa shape index (κ3) is 2.25. The molecule has 0 saturated carbocycles. The number of benzene rings is 1. The number of para-hydroxylation sites is 1. The standard InChI is InChI=1S/C16H16N2O2/c1-20-15(19)11-18-14-10-6-5-9-13(14)16(17-18)12-7-3-2-4-8-12/h3,5-10H,2,4,11H2,1H3. The van der Waals surface area contributed by atoms with Gasteiger partial charge in [-0.1, -0.05) is 36.4 Å². The van der Waals surface area contributed by atoms with Gasteiger partial charge >= 0.3 is 5.97 Å². The maximum absolute atomic E-state index is 11.5. The van der Waals surface area contributed by atoms with Crippen molar-refractivity contribution in [1.29, 1.82) is 0 Å². The van der Waals surface area contributed by atoms with E-state index in [-0.39, 0.29) is 12.5 Å². The Morgan fingerprint density at radius 3 is 2.95 bits per heavy atom. The van der Waals surface area contributed by atoms with Crippen molar-refractivity contribution in [2.75, 3.05) is 7.11 Å². The molecule has 0 spiro atoms. The molecular weight excluding hydrogens is 252 g/mol. The van der Waals surface area contributed by atoms with Crippen LogP contribution in [-0.4, -0.2) is 22.9 Å². The Balaban J connectivity index is 2.11. The summed E-state index contributed by atoms with van der Waals surface area (Å²) in [4.78, 5) is 11.5. The molecule has 4 nitrogen and oxygen atoms in total. The van der Waals surface area contributed by atoms with Gasteiger partial charge in [-0.15, -0.1) is 0 Å². The predicted octanol–water partition coefficient (Wildman–Crippen LogP) is 2.94. The molecule has 1 aromatic heterocycles. The molecule has 1 aliphatic rings. The molecule has 102 valence electrons. The van der Waals surface area contributed by atoms with Crippen LogP contribution in [0.5, 0.6) is 0 Å². The molecule has 0 radical (unpaired) electrons. The van der Waals surface area contributed by atoms with Gasteiger partial charge in [-0.25, -0.2) is 0 Å². The van der Waals surface area contributed by atoms with Crippen molar-refractivity contribution >= 4 is 22.4 Å². The van der Waals surface area contributed by atoms with Crippen LogP contribution in [0.2, 0.25) is 0 Å². The second-order valence-corrected chi connectivity index (χ2v) is 4.74. The van der Waals surface area contributed by atoms with E-state index in [1.165, 1.54) is 7.11 Å². The molecule has 3 rings (SSSR count). The number of rotatable bonds is 3. The van der Waals surface area contributed by atoms with Crippen LogP contribution in [-0.2, 0) is 16.1 Å². The van der Waals surface area contributed by atoms with Gasteiger partial charge in [0.05, 0.1) is 18.3 Å². The van der Waals surface area contributed by atoms with Gasteiger partial charge in [0, 0.05) is 5.39 Å². The zero-order valence-electron chi connectivity index (χ0n) is 11.4. The molecule has 4 heteroatoms. The smallest absolute Gasteiger partial charge is 0.327 e. The average Bonchev–Trinajstić information content (AvgIpc) is 2.87. The number of esters is 1. The maximum atomic E-state index is 11.5. The molecular formula is C16H16N2O2. The Labute approximate surface area is 117 Å². The van der Waals surface area contributed by atoms with Crippen LogP contribution < -0.4 is 0 Å². The summed E-state index contributed by atoms with van der Waals surface area (Å²) in [6, 6.07) is 7.95. The Morgan fingerprint density at radius 1 is 1.35 bits per heavy atom. The first-order valence-corrected chi connectivity index (χ1v) is 6.69. The number of carbonyl (C=O) groups excluding carboxylic acids is 1. The lowest BCUT2D eigenvalue weighted by Crippen LogP contribution is -2.12. The highest BCUT2D eigenvalue weighted by Gasteiger charge is 2.15. The van der Waals surface area contributed by atoms with Gasteiger partial charge in [0.1, 0.15) is 6.54 Å². The molecule has 0 saturated heterocycles. The average molecular weight is 268 g/mol. The molecule has 0 N–H and O–H groups in total. The van der Waals surface area contributed by atoms with E-state index in [0.717, 1.165) is 35.0 Å². The largest absolute Gasteiger partial charge is 0.468 e. The quantitative estimate of drug-likeness (QED) is 0.804. The Hall–Kier alpha value is -2.36. The fourth-order valence-electron chi connectivity index (χ4n) is 2.44. The summed E-state index contributed by atoms with van der Waals surface area (Å²) < 4.78 is 6.44. The minimum Gasteiger partial charge on any atom is -0.468 e. The highest BCUT2D eigenvalue weighted by atomic mass is 16.5. The first-order valence-electron chi connectivity index (χ1n) is 6.69. The van der Waals surface area contributed by atoms with E-state index in [0.29, 0.717) is 0 Å². The lowest BCUT2D eigenvalue weighted by Gasteiger charge is -2.04. The van der Waals surface area contributed by atoms with Gasteiger partial charge in [0.15, 0.2) is 0 Å². The number of hydrogen-bond donors (Lipinski definition) is 0. The summed E-state index contributed by atoms with van der Waals surface area (Å²) in [7, 11) is 1.39. The number of ether oxygens (including phenoxy) is 1. The van der Waals surface area contributed by atoms with Crippen LogP contribution in [0, 0.1) is 0 Å². The van der Waals surface area contributed by atoms with E-state index in [4.69, 9.17) is 4.74 Å². The van der Waals surface area contributed by atoms with Crippen LogP contribution in [0.25, 0.3) is 16.5 Å². The first kappa shape index (κ1) is 12.7. The number of fused-ring (bicyclic) bond motifs is 1. The van der Waals surface area contributed by atoms with Gasteiger partial charge in [0.25, 0.3) is 0 Å². The first-order chi connectivity index (χ1) is 9.79. The lowest BCUT2D eigenvalue weighted by molar-refractivity contribution is -0.141. The number of hydrogen-bond acceptors (Lipinski definition) is 3. The van der Waals surface area contributed by atoms with E-state index in [1.807, 2.05) is 24.3 Å². The second kappa shape index (κ2) is 5.33. The molecule has 0 unspecified atom stereocenters. The molecule has 20 heavy (non-hydrogen) atoms. The predicted molar refractivity (Wildman–Crippen MR) is 78.1 cm³/mol. The molecule has 0 aliphatic heterocycles. The number of carbonyl (C=O) groups is 1. The molecule has 0 fully saturated rings. The maximum Gasteiger partial charge on any atom is 0.327 e. The van der Waals surface area contributed by atoms with Crippen LogP contribution >= 0.6 is 0 Å². The van der Waals surface area contributed by atoms with Crippen molar-refractivity contribution in [2.24, 2.45) is 0 Å². The number of aromatic nitrogens is 2. The van der Waals surface area contributed by atoms with Gasteiger partial charge in [-0.2, -0.15) is 5.10 Å². The zero-order valence-corrected chi connectivity index (χ0v) is 11.4. The minimum atomic E-state index is -0.294. The fraction of sp³-hybridized carbons (Fsp3) is 0.250. The van der Waals surface area contributed by atoms with Gasteiger partial charge < -0.3 is 4.74 Å². The molecule has 1 aliphatic carbocycles. The van der Waals surface area contributed by atoms with E-state index >= 15 is 0 Å². The van der Waals surface area contributed by atoms with Crippen molar-refractivity contribution in [3.05, 3.63) is 48.2 Å². The number of nitrogens with zero attached hydrogens (tertiary/aromatic N) is 2. The number of allylic oxidation sites excluding steroid dienone is 4. The Morgan fingerprint density at radius 2 is 2.20 bits per heavy atom. The molecule has 0 atom stereocenters. The highest BCUT2D eigenvalue weighted by molar-refractivity contribution is 5.93. The van der Waals surface area contributed by atoms with Gasteiger partial charge in [-0.3, -0.25) is 9.48 Å². The van der Waals surface area contributed by atoms with Crippen LogP contribution in [0.15, 0.2) is 42.5 Å². The highest BCUT2D eigenvalue weighted by Crippen LogP contribution is 2.27. The molecule has 1 aromatic carbocycles. The van der Waals surface area contributed by atoms with Gasteiger partial charge in [-0.05, 0) is 24.5 Å². The lowest BCUT2D eigenvalue weighted by atomic mass is 10.0. The molecule has 1 heterocycles.